The molecule has 0 rings (SSSR count). The van der Waals surface area contributed by atoms with Crippen LogP contribution in [0.5, 0.6) is 0 Å². The summed E-state index contributed by atoms with van der Waals surface area (Å²) in [7, 11) is 0. The largest absolute Gasteiger partial charge is 0.453 e. The fourth-order valence-electron chi connectivity index (χ4n) is 0.779. The van der Waals surface area contributed by atoms with Crippen molar-refractivity contribution < 1.29 is 14.3 Å². The Balaban J connectivity index is 4.22. The number of esters is 1. The molecule has 0 aliphatic rings. The molecular weight excluding hydrogens is 180 g/mol. The highest BCUT2D eigenvalue weighted by molar-refractivity contribution is 6.64. The van der Waals surface area contributed by atoms with Crippen molar-refractivity contribution in [3.8, 4) is 0 Å². The Morgan fingerprint density at radius 1 is 1.50 bits per heavy atom. The van der Waals surface area contributed by atoms with Gasteiger partial charge in [-0.2, -0.15) is 0 Å². The summed E-state index contributed by atoms with van der Waals surface area (Å²) < 4.78 is 4.74. The number of carbonyl (C=O) groups excluding carboxylic acids is 2. The maximum Gasteiger partial charge on any atom is 0.303 e. The minimum absolute atomic E-state index is 0.0288. The smallest absolute Gasteiger partial charge is 0.303 e. The summed E-state index contributed by atoms with van der Waals surface area (Å²) in [4.78, 5) is 21.3. The van der Waals surface area contributed by atoms with Crippen LogP contribution in [0.3, 0.4) is 0 Å². The topological polar surface area (TPSA) is 43.4 Å². The van der Waals surface area contributed by atoms with Gasteiger partial charge in [-0.05, 0) is 18.0 Å². The van der Waals surface area contributed by atoms with Gasteiger partial charge in [0, 0.05) is 12.8 Å². The first-order chi connectivity index (χ1) is 5.49. The lowest BCUT2D eigenvalue weighted by atomic mass is 10.0. The lowest BCUT2D eigenvalue weighted by Gasteiger charge is -2.18. The molecule has 0 aromatic carbocycles. The fraction of sp³-hybridized carbons (Fsp3) is 0.750. The number of halogens is 1. The minimum atomic E-state index is -0.797. The summed E-state index contributed by atoms with van der Waals surface area (Å²) in [6, 6.07) is 0. The predicted octanol–water partition coefficient (Wildman–Crippen LogP) is 1.73. The molecule has 0 aromatic heterocycles. The van der Waals surface area contributed by atoms with E-state index in [2.05, 4.69) is 0 Å². The van der Waals surface area contributed by atoms with Gasteiger partial charge in [0.05, 0.1) is 0 Å². The predicted molar refractivity (Wildman–Crippen MR) is 45.9 cm³/mol. The van der Waals surface area contributed by atoms with E-state index in [1.54, 1.807) is 0 Å². The third-order valence-electron chi connectivity index (χ3n) is 1.68. The molecule has 0 fully saturated rings. The molecule has 0 N–H and O–H groups in total. The zero-order valence-electron chi connectivity index (χ0n) is 7.46. The Kier molecular flexibility index (Phi) is 4.90. The van der Waals surface area contributed by atoms with Crippen LogP contribution in [0.4, 0.5) is 0 Å². The minimum Gasteiger partial charge on any atom is -0.453 e. The molecule has 2 atom stereocenters. The molecule has 0 bridgehead atoms. The molecule has 0 aliphatic carbocycles. The van der Waals surface area contributed by atoms with E-state index in [-0.39, 0.29) is 5.92 Å². The van der Waals surface area contributed by atoms with E-state index in [4.69, 9.17) is 16.3 Å². The molecule has 3 nitrogen and oxygen atoms in total. The average Bonchev–Trinajstić information content (AvgIpc) is 1.98. The van der Waals surface area contributed by atoms with E-state index in [1.807, 2.05) is 13.8 Å². The first-order valence-corrected chi connectivity index (χ1v) is 4.23. The van der Waals surface area contributed by atoms with Crippen LogP contribution in [0.2, 0.25) is 0 Å². The number of hydrogen-bond acceptors (Lipinski definition) is 3. The molecule has 70 valence electrons. The average molecular weight is 193 g/mol. The summed E-state index contributed by atoms with van der Waals surface area (Å²) in [5, 5.41) is -0.612. The molecule has 0 saturated heterocycles. The molecule has 0 radical (unpaired) electrons. The Hall–Kier alpha value is -0.570. The maximum absolute atomic E-state index is 10.8. The van der Waals surface area contributed by atoms with E-state index in [0.717, 1.165) is 6.42 Å². The summed E-state index contributed by atoms with van der Waals surface area (Å²) in [6.07, 6.45) is -0.0506. The quantitative estimate of drug-likeness (QED) is 0.503. The second-order valence-corrected chi connectivity index (χ2v) is 3.09. The first kappa shape index (κ1) is 11.4. The van der Waals surface area contributed by atoms with Crippen molar-refractivity contribution in [3.63, 3.8) is 0 Å². The highest BCUT2D eigenvalue weighted by Crippen LogP contribution is 2.14. The van der Waals surface area contributed by atoms with Gasteiger partial charge in [0.25, 0.3) is 5.24 Å². The Morgan fingerprint density at radius 2 is 2.00 bits per heavy atom. The monoisotopic (exact) mass is 192 g/mol. The first-order valence-electron chi connectivity index (χ1n) is 3.85. The molecule has 0 amide bonds. The summed E-state index contributed by atoms with van der Waals surface area (Å²) in [5.74, 6) is -0.506. The van der Waals surface area contributed by atoms with Gasteiger partial charge in [-0.1, -0.05) is 13.8 Å². The molecule has 0 spiro atoms. The van der Waals surface area contributed by atoms with Gasteiger partial charge in [0.15, 0.2) is 6.10 Å². The van der Waals surface area contributed by atoms with E-state index in [1.165, 1.54) is 6.92 Å². The summed E-state index contributed by atoms with van der Waals surface area (Å²) >= 11 is 5.25. The second kappa shape index (κ2) is 5.14. The van der Waals surface area contributed by atoms with Gasteiger partial charge in [-0.15, -0.1) is 0 Å². The van der Waals surface area contributed by atoms with Crippen molar-refractivity contribution in [2.75, 3.05) is 0 Å². The van der Waals surface area contributed by atoms with E-state index in [0.29, 0.717) is 0 Å². The second-order valence-electron chi connectivity index (χ2n) is 2.72. The molecule has 0 saturated carbocycles. The normalized spacial score (nSPS) is 15.0. The highest BCUT2D eigenvalue weighted by atomic mass is 35.5. The lowest BCUT2D eigenvalue weighted by molar-refractivity contribution is -0.153. The summed E-state index contributed by atoms with van der Waals surface area (Å²) in [6.45, 7) is 4.98. The number of carbonyl (C=O) groups is 2. The third-order valence-corrected chi connectivity index (χ3v) is 1.89. The third kappa shape index (κ3) is 3.72. The van der Waals surface area contributed by atoms with Crippen LogP contribution in [-0.2, 0) is 14.3 Å². The van der Waals surface area contributed by atoms with Crippen LogP contribution in [0.15, 0.2) is 0 Å². The fourth-order valence-corrected chi connectivity index (χ4v) is 1.04. The van der Waals surface area contributed by atoms with Crippen LogP contribution < -0.4 is 0 Å². The Labute approximate surface area is 77.0 Å². The standard InChI is InChI=1S/C8H13ClO3/c1-4-5(2)7(8(9)11)12-6(3)10/h5,7H,4H2,1-3H3/t5?,7-/m0/s1. The Bertz CT molecular complexity index is 179. The SMILES string of the molecule is CCC(C)[C@H](OC(C)=O)C(=O)Cl. The van der Waals surface area contributed by atoms with E-state index in [9.17, 15) is 9.59 Å². The van der Waals surface area contributed by atoms with Crippen LogP contribution in [0.1, 0.15) is 27.2 Å². The molecule has 1 unspecified atom stereocenters. The molecular formula is C8H13ClO3. The molecule has 0 aromatic rings. The van der Waals surface area contributed by atoms with Gasteiger partial charge < -0.3 is 4.74 Å². The van der Waals surface area contributed by atoms with Crippen LogP contribution >= 0.6 is 11.6 Å². The molecule has 0 heterocycles. The van der Waals surface area contributed by atoms with Gasteiger partial charge in [0.2, 0.25) is 0 Å². The van der Waals surface area contributed by atoms with Crippen molar-refractivity contribution in [1.29, 1.82) is 0 Å². The molecule has 12 heavy (non-hydrogen) atoms. The molecule has 4 heteroatoms. The molecule has 0 aliphatic heterocycles. The number of rotatable bonds is 4. The van der Waals surface area contributed by atoms with Gasteiger partial charge >= 0.3 is 5.97 Å². The zero-order valence-corrected chi connectivity index (χ0v) is 8.22. The number of hydrogen-bond donors (Lipinski definition) is 0. The van der Waals surface area contributed by atoms with Crippen molar-refractivity contribution in [2.45, 2.75) is 33.3 Å². The van der Waals surface area contributed by atoms with E-state index >= 15 is 0 Å². The maximum atomic E-state index is 10.8. The van der Waals surface area contributed by atoms with Gasteiger partial charge in [-0.25, -0.2) is 0 Å². The summed E-state index contributed by atoms with van der Waals surface area (Å²) in [5.41, 5.74) is 0. The van der Waals surface area contributed by atoms with Crippen molar-refractivity contribution in [2.24, 2.45) is 5.92 Å². The van der Waals surface area contributed by atoms with Crippen molar-refractivity contribution >= 4 is 22.8 Å². The van der Waals surface area contributed by atoms with Crippen molar-refractivity contribution in [1.82, 2.24) is 0 Å². The lowest BCUT2D eigenvalue weighted by Crippen LogP contribution is -2.29. The van der Waals surface area contributed by atoms with Gasteiger partial charge in [-0.3, -0.25) is 9.59 Å². The van der Waals surface area contributed by atoms with Gasteiger partial charge in [0.1, 0.15) is 0 Å². The zero-order chi connectivity index (χ0) is 9.72. The number of ether oxygens (including phenoxy) is 1. The van der Waals surface area contributed by atoms with Crippen molar-refractivity contribution in [3.05, 3.63) is 0 Å². The Morgan fingerprint density at radius 3 is 2.25 bits per heavy atom. The van der Waals surface area contributed by atoms with E-state index < -0.39 is 17.3 Å². The highest BCUT2D eigenvalue weighted by Gasteiger charge is 2.24. The van der Waals surface area contributed by atoms with Crippen LogP contribution in [0.25, 0.3) is 0 Å². The van der Waals surface area contributed by atoms with Crippen LogP contribution in [0, 0.1) is 5.92 Å². The van der Waals surface area contributed by atoms with Crippen LogP contribution in [-0.4, -0.2) is 17.3 Å².